The van der Waals surface area contributed by atoms with Crippen LogP contribution in [0.25, 0.3) is 0 Å². The third-order valence-corrected chi connectivity index (χ3v) is 4.26. The number of thioether (sulfide) groups is 1. The van der Waals surface area contributed by atoms with E-state index in [1.807, 2.05) is 0 Å². The summed E-state index contributed by atoms with van der Waals surface area (Å²) in [5, 5.41) is -0.678. The maximum absolute atomic E-state index is 11.7. The zero-order valence-corrected chi connectivity index (χ0v) is 13.1. The number of ether oxygens (including phenoxy) is 3. The number of carbonyl (C=O) groups excluding carboxylic acids is 3. The average Bonchev–Trinajstić information content (AvgIpc) is 2.53. The first-order valence-corrected chi connectivity index (χ1v) is 7.74. The predicted octanol–water partition coefficient (Wildman–Crippen LogP) is -0.274. The van der Waals surface area contributed by atoms with Gasteiger partial charge in [0.1, 0.15) is 5.25 Å². The Kier molecular flexibility index (Phi) is 8.33. The molecule has 1 rings (SSSR count). The van der Waals surface area contributed by atoms with Gasteiger partial charge in [-0.1, -0.05) is 0 Å². The molecular formula is C13H21NO6S. The van der Waals surface area contributed by atoms with Crippen LogP contribution in [0, 0.1) is 0 Å². The van der Waals surface area contributed by atoms with Crippen LogP contribution in [0.4, 0.5) is 0 Å². The highest BCUT2D eigenvalue weighted by molar-refractivity contribution is 8.00. The second-order valence-electron chi connectivity index (χ2n) is 4.46. The van der Waals surface area contributed by atoms with E-state index in [1.54, 1.807) is 0 Å². The molecule has 0 N–H and O–H groups in total. The third-order valence-electron chi connectivity index (χ3n) is 3.08. The summed E-state index contributed by atoms with van der Waals surface area (Å²) >= 11 is 1.32. The molecule has 120 valence electrons. The van der Waals surface area contributed by atoms with Gasteiger partial charge in [-0.2, -0.15) is 0 Å². The third kappa shape index (κ3) is 6.45. The Bertz CT molecular complexity index is 370. The van der Waals surface area contributed by atoms with Crippen molar-refractivity contribution in [1.82, 2.24) is 4.90 Å². The standard InChI is InChI=1S/C13H21NO6S/c1-18-12(16)10(15)9-11(13(17)19-2)21-8-5-14-3-6-20-7-4-14/h11H,3-9H2,1-2H3. The van der Waals surface area contributed by atoms with Crippen molar-refractivity contribution in [2.24, 2.45) is 0 Å². The monoisotopic (exact) mass is 319 g/mol. The summed E-state index contributed by atoms with van der Waals surface area (Å²) in [4.78, 5) is 36.6. The second-order valence-corrected chi connectivity index (χ2v) is 5.77. The highest BCUT2D eigenvalue weighted by Crippen LogP contribution is 2.17. The summed E-state index contributed by atoms with van der Waals surface area (Å²) in [7, 11) is 2.40. The Hall–Kier alpha value is -1.12. The van der Waals surface area contributed by atoms with Crippen molar-refractivity contribution < 1.29 is 28.6 Å². The summed E-state index contributed by atoms with van der Waals surface area (Å²) in [6.07, 6.45) is -0.201. The number of nitrogens with zero attached hydrogens (tertiary/aromatic N) is 1. The first-order valence-electron chi connectivity index (χ1n) is 6.69. The lowest BCUT2D eigenvalue weighted by Crippen LogP contribution is -2.38. The van der Waals surface area contributed by atoms with Gasteiger partial charge in [0.15, 0.2) is 0 Å². The molecule has 1 atom stereocenters. The highest BCUT2D eigenvalue weighted by atomic mass is 32.2. The summed E-state index contributed by atoms with van der Waals surface area (Å²) in [5.74, 6) is -1.47. The van der Waals surface area contributed by atoms with Crippen LogP contribution < -0.4 is 0 Å². The van der Waals surface area contributed by atoms with E-state index in [1.165, 1.54) is 18.9 Å². The minimum absolute atomic E-state index is 0.201. The van der Waals surface area contributed by atoms with E-state index in [-0.39, 0.29) is 6.42 Å². The Morgan fingerprint density at radius 3 is 2.43 bits per heavy atom. The van der Waals surface area contributed by atoms with Gasteiger partial charge in [-0.25, -0.2) is 4.79 Å². The average molecular weight is 319 g/mol. The molecule has 0 spiro atoms. The van der Waals surface area contributed by atoms with Crippen molar-refractivity contribution >= 4 is 29.5 Å². The SMILES string of the molecule is COC(=O)C(=O)CC(SCCN1CCOCC1)C(=O)OC. The maximum Gasteiger partial charge on any atom is 0.374 e. The Balaban J connectivity index is 2.40. The molecule has 1 heterocycles. The number of hydrogen-bond acceptors (Lipinski definition) is 8. The molecule has 0 aliphatic carbocycles. The molecular weight excluding hydrogens is 298 g/mol. The van der Waals surface area contributed by atoms with Gasteiger partial charge in [0, 0.05) is 31.8 Å². The molecule has 0 radical (unpaired) electrons. The lowest BCUT2D eigenvalue weighted by molar-refractivity contribution is -0.152. The topological polar surface area (TPSA) is 82.1 Å². The van der Waals surface area contributed by atoms with Gasteiger partial charge < -0.3 is 14.2 Å². The Morgan fingerprint density at radius 1 is 1.19 bits per heavy atom. The minimum atomic E-state index is -0.933. The van der Waals surface area contributed by atoms with Crippen molar-refractivity contribution in [2.75, 3.05) is 52.8 Å². The lowest BCUT2D eigenvalue weighted by atomic mass is 10.2. The molecule has 0 aromatic rings. The van der Waals surface area contributed by atoms with Gasteiger partial charge in [0.25, 0.3) is 0 Å². The van der Waals surface area contributed by atoms with Crippen molar-refractivity contribution in [3.63, 3.8) is 0 Å². The van der Waals surface area contributed by atoms with E-state index in [9.17, 15) is 14.4 Å². The first-order chi connectivity index (χ1) is 10.1. The van der Waals surface area contributed by atoms with Crippen LogP contribution in [0.2, 0.25) is 0 Å². The number of morpholine rings is 1. The number of Topliss-reactive ketones (excluding diaryl/α,β-unsaturated/α-hetero) is 1. The molecule has 1 aliphatic rings. The number of carbonyl (C=O) groups is 3. The number of esters is 2. The van der Waals surface area contributed by atoms with Crippen molar-refractivity contribution in [2.45, 2.75) is 11.7 Å². The maximum atomic E-state index is 11.7. The minimum Gasteiger partial charge on any atom is -0.468 e. The summed E-state index contributed by atoms with van der Waals surface area (Å²) in [6, 6.07) is 0. The molecule has 1 aliphatic heterocycles. The molecule has 0 aromatic carbocycles. The molecule has 21 heavy (non-hydrogen) atoms. The smallest absolute Gasteiger partial charge is 0.374 e. The number of methoxy groups -OCH3 is 2. The zero-order chi connectivity index (χ0) is 15.7. The number of rotatable bonds is 8. The molecule has 1 saturated heterocycles. The molecule has 0 amide bonds. The van der Waals surface area contributed by atoms with E-state index in [2.05, 4.69) is 14.4 Å². The van der Waals surface area contributed by atoms with Crippen LogP contribution in [-0.4, -0.2) is 80.7 Å². The summed E-state index contributed by atoms with van der Waals surface area (Å²) in [5.41, 5.74) is 0. The highest BCUT2D eigenvalue weighted by Gasteiger charge is 2.27. The predicted molar refractivity (Wildman–Crippen MR) is 77.2 cm³/mol. The number of hydrogen-bond donors (Lipinski definition) is 0. The normalized spacial score (nSPS) is 17.0. The Morgan fingerprint density at radius 2 is 1.86 bits per heavy atom. The molecule has 1 unspecified atom stereocenters. The molecule has 8 heteroatoms. The van der Waals surface area contributed by atoms with Gasteiger partial charge in [0.05, 0.1) is 27.4 Å². The van der Waals surface area contributed by atoms with E-state index in [4.69, 9.17) is 4.74 Å². The van der Waals surface area contributed by atoms with Gasteiger partial charge in [-0.05, 0) is 0 Å². The van der Waals surface area contributed by atoms with Gasteiger partial charge in [-0.15, -0.1) is 11.8 Å². The molecule has 0 saturated carbocycles. The fraction of sp³-hybridized carbons (Fsp3) is 0.769. The second kappa shape index (κ2) is 9.75. The van der Waals surface area contributed by atoms with Crippen LogP contribution in [0.5, 0.6) is 0 Å². The Labute approximate surface area is 128 Å². The molecule has 0 aromatic heterocycles. The zero-order valence-electron chi connectivity index (χ0n) is 12.3. The van der Waals surface area contributed by atoms with Crippen molar-refractivity contribution in [1.29, 1.82) is 0 Å². The summed E-state index contributed by atoms with van der Waals surface area (Å²) in [6.45, 7) is 3.96. The van der Waals surface area contributed by atoms with E-state index < -0.39 is 23.0 Å². The molecule has 1 fully saturated rings. The van der Waals surface area contributed by atoms with Crippen molar-refractivity contribution in [3.8, 4) is 0 Å². The van der Waals surface area contributed by atoms with Gasteiger partial charge in [-0.3, -0.25) is 14.5 Å². The first kappa shape index (κ1) is 17.9. The van der Waals surface area contributed by atoms with E-state index in [0.717, 1.165) is 26.7 Å². The largest absolute Gasteiger partial charge is 0.468 e. The van der Waals surface area contributed by atoms with E-state index in [0.29, 0.717) is 19.0 Å². The van der Waals surface area contributed by atoms with Crippen molar-refractivity contribution in [3.05, 3.63) is 0 Å². The quantitative estimate of drug-likeness (QED) is 0.446. The molecule has 0 bridgehead atoms. The van der Waals surface area contributed by atoms with Crippen LogP contribution in [-0.2, 0) is 28.6 Å². The van der Waals surface area contributed by atoms with Crippen LogP contribution in [0.1, 0.15) is 6.42 Å². The van der Waals surface area contributed by atoms with Crippen LogP contribution in [0.15, 0.2) is 0 Å². The fourth-order valence-electron chi connectivity index (χ4n) is 1.86. The number of ketones is 1. The summed E-state index contributed by atoms with van der Waals surface area (Å²) < 4.78 is 14.3. The van der Waals surface area contributed by atoms with E-state index >= 15 is 0 Å². The van der Waals surface area contributed by atoms with Crippen LogP contribution >= 0.6 is 11.8 Å². The molecule has 7 nitrogen and oxygen atoms in total. The lowest BCUT2D eigenvalue weighted by Gasteiger charge is -2.26. The van der Waals surface area contributed by atoms with Crippen LogP contribution in [0.3, 0.4) is 0 Å². The van der Waals surface area contributed by atoms with Gasteiger partial charge in [0.2, 0.25) is 5.78 Å². The fourth-order valence-corrected chi connectivity index (χ4v) is 3.01. The van der Waals surface area contributed by atoms with Gasteiger partial charge >= 0.3 is 11.9 Å².